The molecule has 0 bridgehead atoms. The number of rotatable bonds is 2. The van der Waals surface area contributed by atoms with Gasteiger partial charge in [0.25, 0.3) is 0 Å². The predicted octanol–water partition coefficient (Wildman–Crippen LogP) is 0.979. The summed E-state index contributed by atoms with van der Waals surface area (Å²) < 4.78 is 0. The predicted molar refractivity (Wildman–Crippen MR) is 61.9 cm³/mol. The lowest BCUT2D eigenvalue weighted by molar-refractivity contribution is -0.123. The van der Waals surface area contributed by atoms with Crippen molar-refractivity contribution in [3.8, 4) is 0 Å². The quantitative estimate of drug-likeness (QED) is 0.773. The molecule has 1 amide bonds. The van der Waals surface area contributed by atoms with Crippen LogP contribution in [-0.4, -0.2) is 18.0 Å². The number of fused-ring (bicyclic) bond motifs is 1. The molecule has 1 atom stereocenters. The van der Waals surface area contributed by atoms with Crippen LogP contribution in [0, 0.1) is 0 Å². The topological polar surface area (TPSA) is 41.1 Å². The Bertz CT molecular complexity index is 412. The van der Waals surface area contributed by atoms with Gasteiger partial charge in [-0.2, -0.15) is 0 Å². The molecule has 1 aromatic rings. The molecule has 0 unspecified atom stereocenters. The van der Waals surface area contributed by atoms with E-state index in [0.717, 1.165) is 25.8 Å². The first-order valence-corrected chi connectivity index (χ1v) is 5.93. The zero-order valence-corrected chi connectivity index (χ0v) is 9.20. The monoisotopic (exact) mass is 216 g/mol. The van der Waals surface area contributed by atoms with Crippen molar-refractivity contribution in [1.29, 1.82) is 0 Å². The summed E-state index contributed by atoms with van der Waals surface area (Å²) in [5.74, 6) is 0.164. The Hall–Kier alpha value is -1.35. The molecule has 2 N–H and O–H groups in total. The van der Waals surface area contributed by atoms with Gasteiger partial charge in [-0.1, -0.05) is 24.3 Å². The van der Waals surface area contributed by atoms with Crippen molar-refractivity contribution in [1.82, 2.24) is 10.6 Å². The van der Waals surface area contributed by atoms with Crippen LogP contribution in [0.1, 0.15) is 24.0 Å². The number of hydrogen-bond donors (Lipinski definition) is 2. The zero-order valence-electron chi connectivity index (χ0n) is 9.20. The van der Waals surface area contributed by atoms with Gasteiger partial charge in [-0.25, -0.2) is 0 Å². The molecule has 1 aliphatic heterocycles. The number of nitrogens with one attached hydrogen (secondary N) is 2. The minimum absolute atomic E-state index is 0.0458. The molecule has 3 heteroatoms. The van der Waals surface area contributed by atoms with Crippen LogP contribution in [0.5, 0.6) is 0 Å². The number of hydrogen-bond acceptors (Lipinski definition) is 2. The van der Waals surface area contributed by atoms with Crippen molar-refractivity contribution in [2.24, 2.45) is 0 Å². The van der Waals surface area contributed by atoms with Crippen molar-refractivity contribution in [2.75, 3.05) is 0 Å². The second-order valence-corrected chi connectivity index (χ2v) is 4.69. The highest BCUT2D eigenvalue weighted by Gasteiger charge is 2.29. The van der Waals surface area contributed by atoms with Crippen LogP contribution in [0.15, 0.2) is 24.3 Å². The third-order valence-corrected chi connectivity index (χ3v) is 3.32. The molecule has 0 saturated heterocycles. The number of benzene rings is 1. The highest BCUT2D eigenvalue weighted by Crippen LogP contribution is 2.20. The Morgan fingerprint density at radius 3 is 2.75 bits per heavy atom. The number of carbonyl (C=O) groups excluding carboxylic acids is 1. The van der Waals surface area contributed by atoms with E-state index in [1.165, 1.54) is 11.1 Å². The SMILES string of the molecule is O=C(NC1CC1)[C@H]1Cc2ccccc2CN1. The highest BCUT2D eigenvalue weighted by molar-refractivity contribution is 5.83. The van der Waals surface area contributed by atoms with E-state index in [0.29, 0.717) is 6.04 Å². The molecule has 84 valence electrons. The molecule has 0 radical (unpaired) electrons. The summed E-state index contributed by atoms with van der Waals surface area (Å²) in [6.45, 7) is 0.804. The fraction of sp³-hybridized carbons (Fsp3) is 0.462. The average Bonchev–Trinajstić information content (AvgIpc) is 3.12. The maximum Gasteiger partial charge on any atom is 0.237 e. The third-order valence-electron chi connectivity index (χ3n) is 3.32. The Morgan fingerprint density at radius 2 is 2.00 bits per heavy atom. The molecule has 1 heterocycles. The largest absolute Gasteiger partial charge is 0.352 e. The molecular weight excluding hydrogens is 200 g/mol. The molecule has 0 aromatic heterocycles. The molecule has 1 aliphatic carbocycles. The van der Waals surface area contributed by atoms with Crippen molar-refractivity contribution < 1.29 is 4.79 Å². The third kappa shape index (κ3) is 1.95. The van der Waals surface area contributed by atoms with Gasteiger partial charge >= 0.3 is 0 Å². The van der Waals surface area contributed by atoms with Crippen LogP contribution in [0.4, 0.5) is 0 Å². The lowest BCUT2D eigenvalue weighted by Crippen LogP contribution is -2.48. The van der Waals surface area contributed by atoms with Gasteiger partial charge in [-0.05, 0) is 30.4 Å². The smallest absolute Gasteiger partial charge is 0.237 e. The molecule has 3 nitrogen and oxygen atoms in total. The van der Waals surface area contributed by atoms with E-state index in [2.05, 4.69) is 22.8 Å². The second kappa shape index (κ2) is 3.91. The van der Waals surface area contributed by atoms with E-state index in [9.17, 15) is 4.79 Å². The summed E-state index contributed by atoms with van der Waals surface area (Å²) in [5.41, 5.74) is 2.62. The van der Waals surface area contributed by atoms with E-state index in [1.807, 2.05) is 12.1 Å². The van der Waals surface area contributed by atoms with Crippen LogP contribution in [0.3, 0.4) is 0 Å². The van der Waals surface area contributed by atoms with Gasteiger partial charge < -0.3 is 10.6 Å². The summed E-state index contributed by atoms with van der Waals surface area (Å²) in [7, 11) is 0. The summed E-state index contributed by atoms with van der Waals surface area (Å²) >= 11 is 0. The lowest BCUT2D eigenvalue weighted by Gasteiger charge is -2.25. The van der Waals surface area contributed by atoms with Crippen LogP contribution < -0.4 is 10.6 Å². The van der Waals surface area contributed by atoms with Gasteiger partial charge in [0.1, 0.15) is 0 Å². The van der Waals surface area contributed by atoms with Crippen molar-refractivity contribution >= 4 is 5.91 Å². The van der Waals surface area contributed by atoms with Gasteiger partial charge in [0, 0.05) is 12.6 Å². The maximum atomic E-state index is 11.9. The standard InChI is InChI=1S/C13H16N2O/c16-13(15-11-5-6-11)12-7-9-3-1-2-4-10(9)8-14-12/h1-4,11-12,14H,5-8H2,(H,15,16)/t12-/m1/s1. The molecule has 0 spiro atoms. The molecular formula is C13H16N2O. The van der Waals surface area contributed by atoms with Crippen molar-refractivity contribution in [3.05, 3.63) is 35.4 Å². The van der Waals surface area contributed by atoms with Crippen molar-refractivity contribution in [2.45, 2.75) is 37.9 Å². The fourth-order valence-corrected chi connectivity index (χ4v) is 2.17. The molecule has 1 saturated carbocycles. The van der Waals surface area contributed by atoms with E-state index < -0.39 is 0 Å². The minimum atomic E-state index is -0.0458. The summed E-state index contributed by atoms with van der Waals surface area (Å²) in [4.78, 5) is 11.9. The first-order chi connectivity index (χ1) is 7.83. The Balaban J connectivity index is 1.69. The van der Waals surface area contributed by atoms with E-state index in [4.69, 9.17) is 0 Å². The first kappa shape index (κ1) is 9.85. The van der Waals surface area contributed by atoms with Gasteiger partial charge in [0.15, 0.2) is 0 Å². The molecule has 3 rings (SSSR count). The molecule has 2 aliphatic rings. The number of amides is 1. The molecule has 1 aromatic carbocycles. The van der Waals surface area contributed by atoms with E-state index >= 15 is 0 Å². The molecule has 16 heavy (non-hydrogen) atoms. The molecule has 1 fully saturated rings. The van der Waals surface area contributed by atoms with Gasteiger partial charge in [-0.3, -0.25) is 4.79 Å². The maximum absolute atomic E-state index is 11.9. The lowest BCUT2D eigenvalue weighted by atomic mass is 9.95. The van der Waals surface area contributed by atoms with E-state index in [-0.39, 0.29) is 11.9 Å². The van der Waals surface area contributed by atoms with Crippen LogP contribution >= 0.6 is 0 Å². The minimum Gasteiger partial charge on any atom is -0.352 e. The fourth-order valence-electron chi connectivity index (χ4n) is 2.17. The zero-order chi connectivity index (χ0) is 11.0. The van der Waals surface area contributed by atoms with E-state index in [1.54, 1.807) is 0 Å². The summed E-state index contributed by atoms with van der Waals surface area (Å²) in [6.07, 6.45) is 3.11. The first-order valence-electron chi connectivity index (χ1n) is 5.93. The normalized spacial score (nSPS) is 23.6. The van der Waals surface area contributed by atoms with Crippen LogP contribution in [0.2, 0.25) is 0 Å². The Kier molecular flexibility index (Phi) is 2.40. The highest BCUT2D eigenvalue weighted by atomic mass is 16.2. The van der Waals surface area contributed by atoms with Gasteiger partial charge in [-0.15, -0.1) is 0 Å². The van der Waals surface area contributed by atoms with Crippen LogP contribution in [0.25, 0.3) is 0 Å². The number of carbonyl (C=O) groups is 1. The average molecular weight is 216 g/mol. The van der Waals surface area contributed by atoms with Gasteiger partial charge in [0.2, 0.25) is 5.91 Å². The Labute approximate surface area is 95.2 Å². The second-order valence-electron chi connectivity index (χ2n) is 4.69. The van der Waals surface area contributed by atoms with Gasteiger partial charge in [0.05, 0.1) is 6.04 Å². The summed E-state index contributed by atoms with van der Waals surface area (Å²) in [6, 6.07) is 8.73. The van der Waals surface area contributed by atoms with Crippen LogP contribution in [-0.2, 0) is 17.8 Å². The summed E-state index contributed by atoms with van der Waals surface area (Å²) in [5, 5.41) is 6.35. The Morgan fingerprint density at radius 1 is 1.25 bits per heavy atom. The van der Waals surface area contributed by atoms with Crippen molar-refractivity contribution in [3.63, 3.8) is 0 Å².